The quantitative estimate of drug-likeness (QED) is 0.578. The van der Waals surface area contributed by atoms with Crippen molar-refractivity contribution in [2.24, 2.45) is 0 Å². The molecule has 3 rings (SSSR count). The Kier molecular flexibility index (Phi) is 5.00. The van der Waals surface area contributed by atoms with E-state index in [9.17, 15) is 19.2 Å². The van der Waals surface area contributed by atoms with Gasteiger partial charge in [-0.05, 0) is 40.2 Å². The summed E-state index contributed by atoms with van der Waals surface area (Å²) >= 11 is 1.41. The summed E-state index contributed by atoms with van der Waals surface area (Å²) in [6.45, 7) is 8.50. The number of aryl methyl sites for hydroxylation is 2. The van der Waals surface area contributed by atoms with Gasteiger partial charge >= 0.3 is 12.0 Å². The van der Waals surface area contributed by atoms with E-state index in [4.69, 9.17) is 4.74 Å². The number of hydrogen-bond donors (Lipinski definition) is 2. The lowest BCUT2D eigenvalue weighted by Crippen LogP contribution is -2.40. The number of imide groups is 1. The molecule has 0 aromatic carbocycles. The Labute approximate surface area is 165 Å². The third-order valence-electron chi connectivity index (χ3n) is 4.73. The van der Waals surface area contributed by atoms with Crippen molar-refractivity contribution in [1.29, 1.82) is 0 Å². The number of nitrogens with one attached hydrogen (secondary N) is 2. The standard InChI is InChI=1S/C18H22N4O5S/c1-8-10(3)28-15-12(8)14(24)19-13(20-15)9(2)27-11(23)6-7-22-16(25)18(4,5)21-17(22)26/h9H,6-7H2,1-5H3,(H,21,26)(H,19,20,24)/t9-/m0/s1. The summed E-state index contributed by atoms with van der Waals surface area (Å²) in [5.74, 6) is -0.736. The van der Waals surface area contributed by atoms with Gasteiger partial charge in [0.2, 0.25) is 0 Å². The minimum absolute atomic E-state index is 0.0774. The average molecular weight is 406 g/mol. The molecular formula is C18H22N4O5S. The van der Waals surface area contributed by atoms with E-state index in [0.717, 1.165) is 15.3 Å². The normalized spacial score (nSPS) is 17.1. The number of carbonyl (C=O) groups excluding carboxylic acids is 3. The number of H-pyrrole nitrogens is 1. The van der Waals surface area contributed by atoms with Crippen LogP contribution in [0.4, 0.5) is 4.79 Å². The van der Waals surface area contributed by atoms with E-state index in [0.29, 0.717) is 10.2 Å². The summed E-state index contributed by atoms with van der Waals surface area (Å²) in [6, 6.07) is -0.532. The first-order valence-electron chi connectivity index (χ1n) is 8.84. The number of aromatic nitrogens is 2. The van der Waals surface area contributed by atoms with Gasteiger partial charge in [0.1, 0.15) is 10.4 Å². The lowest BCUT2D eigenvalue weighted by molar-refractivity contribution is -0.149. The van der Waals surface area contributed by atoms with Crippen LogP contribution < -0.4 is 10.9 Å². The van der Waals surface area contributed by atoms with Crippen LogP contribution in [-0.2, 0) is 14.3 Å². The molecule has 0 radical (unpaired) electrons. The molecule has 1 atom stereocenters. The molecule has 1 saturated heterocycles. The smallest absolute Gasteiger partial charge is 0.325 e. The monoisotopic (exact) mass is 406 g/mol. The molecule has 150 valence electrons. The van der Waals surface area contributed by atoms with Gasteiger partial charge in [0, 0.05) is 11.4 Å². The highest BCUT2D eigenvalue weighted by molar-refractivity contribution is 7.18. The Morgan fingerprint density at radius 3 is 2.57 bits per heavy atom. The highest BCUT2D eigenvalue weighted by Gasteiger charge is 2.44. The molecule has 3 heterocycles. The molecule has 1 aliphatic heterocycles. The van der Waals surface area contributed by atoms with E-state index in [1.54, 1.807) is 20.8 Å². The minimum atomic E-state index is -0.982. The van der Waals surface area contributed by atoms with E-state index in [2.05, 4.69) is 15.3 Å². The number of aromatic amines is 1. The van der Waals surface area contributed by atoms with Crippen molar-refractivity contribution in [2.75, 3.05) is 6.54 Å². The Morgan fingerprint density at radius 2 is 1.96 bits per heavy atom. The zero-order valence-corrected chi connectivity index (χ0v) is 17.2. The Balaban J connectivity index is 1.66. The molecule has 3 amide bonds. The van der Waals surface area contributed by atoms with Crippen LogP contribution in [0.25, 0.3) is 10.2 Å². The second kappa shape index (κ2) is 7.01. The fraction of sp³-hybridized carbons (Fsp3) is 0.500. The van der Waals surface area contributed by atoms with Gasteiger partial charge in [0.25, 0.3) is 11.5 Å². The summed E-state index contributed by atoms with van der Waals surface area (Å²) in [4.78, 5) is 58.1. The second-order valence-corrected chi connectivity index (χ2v) is 8.51. The minimum Gasteiger partial charge on any atom is -0.454 e. The zero-order valence-electron chi connectivity index (χ0n) is 16.3. The first-order chi connectivity index (χ1) is 13.0. The number of rotatable bonds is 5. The van der Waals surface area contributed by atoms with E-state index in [1.807, 2.05) is 13.8 Å². The molecule has 2 N–H and O–H groups in total. The predicted octanol–water partition coefficient (Wildman–Crippen LogP) is 1.93. The lowest BCUT2D eigenvalue weighted by atomic mass is 10.1. The van der Waals surface area contributed by atoms with Crippen LogP contribution in [0.5, 0.6) is 0 Å². The van der Waals surface area contributed by atoms with Crippen LogP contribution in [0.15, 0.2) is 4.79 Å². The summed E-state index contributed by atoms with van der Waals surface area (Å²) in [6.07, 6.45) is -0.921. The first kappa shape index (κ1) is 20.0. The highest BCUT2D eigenvalue weighted by atomic mass is 32.1. The van der Waals surface area contributed by atoms with Crippen molar-refractivity contribution in [3.8, 4) is 0 Å². The molecular weight excluding hydrogens is 384 g/mol. The molecule has 2 aromatic heterocycles. The summed E-state index contributed by atoms with van der Waals surface area (Å²) < 4.78 is 5.32. The van der Waals surface area contributed by atoms with Gasteiger partial charge in [-0.15, -0.1) is 11.3 Å². The van der Waals surface area contributed by atoms with Crippen molar-refractivity contribution in [3.05, 3.63) is 26.6 Å². The van der Waals surface area contributed by atoms with Crippen molar-refractivity contribution in [3.63, 3.8) is 0 Å². The second-order valence-electron chi connectivity index (χ2n) is 7.31. The topological polar surface area (TPSA) is 121 Å². The third kappa shape index (κ3) is 3.51. The number of nitrogens with zero attached hydrogens (tertiary/aromatic N) is 2. The van der Waals surface area contributed by atoms with Gasteiger partial charge in [0.05, 0.1) is 11.8 Å². The molecule has 0 bridgehead atoms. The molecule has 0 saturated carbocycles. The van der Waals surface area contributed by atoms with Gasteiger partial charge in [-0.3, -0.25) is 19.3 Å². The Morgan fingerprint density at radius 1 is 1.29 bits per heavy atom. The van der Waals surface area contributed by atoms with E-state index in [-0.39, 0.29) is 24.3 Å². The zero-order chi connectivity index (χ0) is 20.8. The molecule has 2 aromatic rings. The van der Waals surface area contributed by atoms with Gasteiger partial charge < -0.3 is 15.0 Å². The van der Waals surface area contributed by atoms with Gasteiger partial charge in [0.15, 0.2) is 11.9 Å². The lowest BCUT2D eigenvalue weighted by Gasteiger charge is -2.16. The van der Waals surface area contributed by atoms with Crippen molar-refractivity contribution in [1.82, 2.24) is 20.2 Å². The van der Waals surface area contributed by atoms with E-state index in [1.165, 1.54) is 11.3 Å². The number of fused-ring (bicyclic) bond motifs is 1. The Bertz CT molecular complexity index is 1040. The predicted molar refractivity (Wildman–Crippen MR) is 103 cm³/mol. The van der Waals surface area contributed by atoms with Crippen LogP contribution in [0.2, 0.25) is 0 Å². The van der Waals surface area contributed by atoms with Crippen LogP contribution in [0.1, 0.15) is 49.6 Å². The highest BCUT2D eigenvalue weighted by Crippen LogP contribution is 2.27. The maximum atomic E-state index is 12.3. The van der Waals surface area contributed by atoms with Crippen molar-refractivity contribution >= 4 is 39.5 Å². The number of ether oxygens (including phenoxy) is 1. The maximum Gasteiger partial charge on any atom is 0.325 e. The summed E-state index contributed by atoms with van der Waals surface area (Å²) in [7, 11) is 0. The van der Waals surface area contributed by atoms with Crippen LogP contribution in [0.3, 0.4) is 0 Å². The fourth-order valence-corrected chi connectivity index (χ4v) is 4.04. The summed E-state index contributed by atoms with van der Waals surface area (Å²) in [5, 5.41) is 3.10. The van der Waals surface area contributed by atoms with Gasteiger partial charge in [-0.25, -0.2) is 9.78 Å². The molecule has 0 spiro atoms. The maximum absolute atomic E-state index is 12.3. The number of hydrogen-bond acceptors (Lipinski definition) is 7. The van der Waals surface area contributed by atoms with Crippen molar-refractivity contribution < 1.29 is 19.1 Å². The van der Waals surface area contributed by atoms with Crippen LogP contribution in [0, 0.1) is 13.8 Å². The number of carbonyl (C=O) groups is 3. The largest absolute Gasteiger partial charge is 0.454 e. The third-order valence-corrected chi connectivity index (χ3v) is 5.84. The fourth-order valence-electron chi connectivity index (χ4n) is 3.00. The molecule has 9 nitrogen and oxygen atoms in total. The number of urea groups is 1. The first-order valence-corrected chi connectivity index (χ1v) is 9.66. The van der Waals surface area contributed by atoms with Crippen molar-refractivity contribution in [2.45, 2.75) is 52.7 Å². The molecule has 0 unspecified atom stereocenters. The Hall–Kier alpha value is -2.75. The molecule has 0 aliphatic carbocycles. The molecule has 10 heteroatoms. The van der Waals surface area contributed by atoms with Crippen LogP contribution in [-0.4, -0.2) is 44.9 Å². The number of amides is 3. The SMILES string of the molecule is Cc1sc2nc([C@H](C)OC(=O)CCN3C(=O)NC(C)(C)C3=O)[nH]c(=O)c2c1C. The molecule has 1 aliphatic rings. The average Bonchev–Trinajstić information content (AvgIpc) is 2.98. The van der Waals surface area contributed by atoms with Gasteiger partial charge in [-0.1, -0.05) is 0 Å². The molecule has 28 heavy (non-hydrogen) atoms. The van der Waals surface area contributed by atoms with E-state index >= 15 is 0 Å². The van der Waals surface area contributed by atoms with Crippen LogP contribution >= 0.6 is 11.3 Å². The number of esters is 1. The molecule has 1 fully saturated rings. The number of thiophene rings is 1. The summed E-state index contributed by atoms with van der Waals surface area (Å²) in [5.41, 5.74) is -0.364. The van der Waals surface area contributed by atoms with E-state index < -0.39 is 29.6 Å². The van der Waals surface area contributed by atoms with Gasteiger partial charge in [-0.2, -0.15) is 0 Å².